The molecule has 1 atom stereocenters. The molecule has 202 valence electrons. The van der Waals surface area contributed by atoms with Gasteiger partial charge in [-0.05, 0) is 48.6 Å². The number of nitrogens with one attached hydrogen (secondary N) is 1. The van der Waals surface area contributed by atoms with Crippen molar-refractivity contribution in [2.75, 3.05) is 24.2 Å². The second-order valence-electron chi connectivity index (χ2n) is 9.56. The first-order valence-electron chi connectivity index (χ1n) is 12.7. The lowest BCUT2D eigenvalue weighted by Gasteiger charge is -2.31. The van der Waals surface area contributed by atoms with Crippen LogP contribution in [0, 0.1) is 13.8 Å². The van der Waals surface area contributed by atoms with E-state index in [9.17, 15) is 18.0 Å². The lowest BCUT2D eigenvalue weighted by molar-refractivity contribution is -0.141. The van der Waals surface area contributed by atoms with E-state index in [4.69, 9.17) is 0 Å². The molecule has 3 rings (SSSR count). The zero-order chi connectivity index (χ0) is 27.7. The molecule has 0 saturated heterocycles. The van der Waals surface area contributed by atoms with Crippen LogP contribution in [0.15, 0.2) is 78.9 Å². The highest BCUT2D eigenvalue weighted by atomic mass is 32.2. The van der Waals surface area contributed by atoms with Gasteiger partial charge in [0, 0.05) is 33.0 Å². The highest BCUT2D eigenvalue weighted by molar-refractivity contribution is 7.92. The Kier molecular flexibility index (Phi) is 10.1. The van der Waals surface area contributed by atoms with Gasteiger partial charge in [-0.25, -0.2) is 8.42 Å². The minimum Gasteiger partial charge on any atom is -0.357 e. The number of benzene rings is 3. The summed E-state index contributed by atoms with van der Waals surface area (Å²) in [7, 11) is -1.98. The van der Waals surface area contributed by atoms with Gasteiger partial charge in [0.25, 0.3) is 0 Å². The Bertz CT molecular complexity index is 1330. The molecule has 0 fully saturated rings. The van der Waals surface area contributed by atoms with Crippen LogP contribution in [0.3, 0.4) is 0 Å². The number of anilines is 1. The maximum atomic E-state index is 13.7. The molecule has 38 heavy (non-hydrogen) atoms. The smallest absolute Gasteiger partial charge is 0.242 e. The van der Waals surface area contributed by atoms with E-state index in [0.717, 1.165) is 22.3 Å². The molecular formula is C30H37N3O4S. The van der Waals surface area contributed by atoms with E-state index >= 15 is 0 Å². The van der Waals surface area contributed by atoms with Crippen LogP contribution in [-0.4, -0.2) is 51.0 Å². The molecule has 0 spiro atoms. The van der Waals surface area contributed by atoms with Crippen LogP contribution in [0.1, 0.15) is 35.1 Å². The highest BCUT2D eigenvalue weighted by Crippen LogP contribution is 2.25. The summed E-state index contributed by atoms with van der Waals surface area (Å²) in [5.74, 6) is -0.445. The fourth-order valence-electron chi connectivity index (χ4n) is 4.47. The van der Waals surface area contributed by atoms with Crippen molar-refractivity contribution in [3.05, 3.63) is 101 Å². The molecule has 0 heterocycles. The maximum Gasteiger partial charge on any atom is 0.242 e. The van der Waals surface area contributed by atoms with Crippen molar-refractivity contribution in [1.82, 2.24) is 10.2 Å². The first-order chi connectivity index (χ1) is 18.1. The van der Waals surface area contributed by atoms with E-state index < -0.39 is 16.1 Å². The monoisotopic (exact) mass is 535 g/mol. The predicted octanol–water partition coefficient (Wildman–Crippen LogP) is 4.24. The van der Waals surface area contributed by atoms with Gasteiger partial charge in [-0.2, -0.15) is 0 Å². The van der Waals surface area contributed by atoms with Gasteiger partial charge in [-0.15, -0.1) is 0 Å². The Morgan fingerprint density at radius 2 is 1.50 bits per heavy atom. The topological polar surface area (TPSA) is 86.8 Å². The van der Waals surface area contributed by atoms with Crippen molar-refractivity contribution >= 4 is 27.5 Å². The predicted molar refractivity (Wildman–Crippen MR) is 152 cm³/mol. The standard InChI is InChI=1S/C30H37N3O4S/c1-23-17-18-24(2)27(20-23)33(38(4,36)37)19-11-16-29(34)32(22-26-14-9-6-10-15-26)28(30(35)31-3)21-25-12-7-5-8-13-25/h5-10,12-15,17-18,20,28H,11,16,19,21-22H2,1-4H3,(H,31,35)/t28-/m0/s1. The lowest BCUT2D eigenvalue weighted by Crippen LogP contribution is -2.49. The van der Waals surface area contributed by atoms with Crippen LogP contribution in [0.4, 0.5) is 5.69 Å². The Hall–Kier alpha value is -3.65. The number of sulfonamides is 1. The summed E-state index contributed by atoms with van der Waals surface area (Å²) < 4.78 is 26.7. The van der Waals surface area contributed by atoms with Gasteiger partial charge in [0.1, 0.15) is 6.04 Å². The average molecular weight is 536 g/mol. The fraction of sp³-hybridized carbons (Fsp3) is 0.333. The lowest BCUT2D eigenvalue weighted by atomic mass is 10.0. The molecule has 8 heteroatoms. The van der Waals surface area contributed by atoms with Crippen molar-refractivity contribution in [1.29, 1.82) is 0 Å². The molecule has 3 aromatic carbocycles. The van der Waals surface area contributed by atoms with Gasteiger partial charge in [0.2, 0.25) is 21.8 Å². The molecule has 1 N–H and O–H groups in total. The Balaban J connectivity index is 1.84. The number of carbonyl (C=O) groups is 2. The number of carbonyl (C=O) groups excluding carboxylic acids is 2. The SMILES string of the molecule is CNC(=O)[C@H](Cc1ccccc1)N(Cc1ccccc1)C(=O)CCCN(c1cc(C)ccc1C)S(C)(=O)=O. The van der Waals surface area contributed by atoms with Crippen LogP contribution < -0.4 is 9.62 Å². The van der Waals surface area contributed by atoms with Gasteiger partial charge in [0.05, 0.1) is 11.9 Å². The van der Waals surface area contributed by atoms with Gasteiger partial charge in [-0.3, -0.25) is 13.9 Å². The third kappa shape index (κ3) is 7.92. The van der Waals surface area contributed by atoms with E-state index in [0.29, 0.717) is 18.5 Å². The van der Waals surface area contributed by atoms with Crippen molar-refractivity contribution in [2.45, 2.75) is 45.7 Å². The van der Waals surface area contributed by atoms with Crippen LogP contribution in [0.2, 0.25) is 0 Å². The van der Waals surface area contributed by atoms with Crippen molar-refractivity contribution in [3.8, 4) is 0 Å². The fourth-order valence-corrected chi connectivity index (χ4v) is 5.49. The molecule has 0 aliphatic heterocycles. The van der Waals surface area contributed by atoms with Crippen LogP contribution in [-0.2, 0) is 32.6 Å². The summed E-state index contributed by atoms with van der Waals surface area (Å²) in [5, 5.41) is 2.71. The van der Waals surface area contributed by atoms with Gasteiger partial charge < -0.3 is 10.2 Å². The molecule has 0 aliphatic rings. The number of rotatable bonds is 12. The Morgan fingerprint density at radius 3 is 2.08 bits per heavy atom. The minimum atomic E-state index is -3.55. The zero-order valence-electron chi connectivity index (χ0n) is 22.6. The van der Waals surface area contributed by atoms with Crippen LogP contribution in [0.5, 0.6) is 0 Å². The number of hydrogen-bond acceptors (Lipinski definition) is 4. The summed E-state index contributed by atoms with van der Waals surface area (Å²) in [4.78, 5) is 28.3. The molecule has 0 aliphatic carbocycles. The summed E-state index contributed by atoms with van der Waals surface area (Å²) in [6.07, 6.45) is 1.97. The van der Waals surface area contributed by atoms with Gasteiger partial charge in [0.15, 0.2) is 0 Å². The minimum absolute atomic E-state index is 0.103. The van der Waals surface area contributed by atoms with Crippen molar-refractivity contribution in [3.63, 3.8) is 0 Å². The Morgan fingerprint density at radius 1 is 0.895 bits per heavy atom. The molecule has 0 saturated carbocycles. The number of aryl methyl sites for hydroxylation is 2. The quantitative estimate of drug-likeness (QED) is 0.376. The Labute approximate surface area is 226 Å². The molecule has 0 bridgehead atoms. The summed E-state index contributed by atoms with van der Waals surface area (Å²) >= 11 is 0. The molecular weight excluding hydrogens is 498 g/mol. The molecule has 0 unspecified atom stereocenters. The van der Waals surface area contributed by atoms with Crippen LogP contribution >= 0.6 is 0 Å². The number of hydrogen-bond donors (Lipinski definition) is 1. The number of nitrogens with zero attached hydrogens (tertiary/aromatic N) is 2. The van der Waals surface area contributed by atoms with Crippen LogP contribution in [0.25, 0.3) is 0 Å². The summed E-state index contributed by atoms with van der Waals surface area (Å²) in [6, 6.07) is 24.1. The normalized spacial score (nSPS) is 12.0. The maximum absolute atomic E-state index is 13.7. The average Bonchev–Trinajstić information content (AvgIpc) is 2.90. The van der Waals surface area contributed by atoms with Gasteiger partial charge >= 0.3 is 0 Å². The third-order valence-electron chi connectivity index (χ3n) is 6.50. The largest absolute Gasteiger partial charge is 0.357 e. The van der Waals surface area contributed by atoms with Crippen molar-refractivity contribution in [2.24, 2.45) is 0 Å². The summed E-state index contributed by atoms with van der Waals surface area (Å²) in [5.41, 5.74) is 4.29. The number of amides is 2. The zero-order valence-corrected chi connectivity index (χ0v) is 23.4. The molecule has 0 radical (unpaired) electrons. The molecule has 0 aromatic heterocycles. The first kappa shape index (κ1) is 28.9. The second-order valence-corrected chi connectivity index (χ2v) is 11.5. The molecule has 2 amide bonds. The highest BCUT2D eigenvalue weighted by Gasteiger charge is 2.30. The second kappa shape index (κ2) is 13.2. The van der Waals surface area contributed by atoms with E-state index in [1.807, 2.05) is 92.7 Å². The van der Waals surface area contributed by atoms with E-state index in [1.54, 1.807) is 11.9 Å². The van der Waals surface area contributed by atoms with Crippen molar-refractivity contribution < 1.29 is 18.0 Å². The first-order valence-corrected chi connectivity index (χ1v) is 14.6. The third-order valence-corrected chi connectivity index (χ3v) is 7.68. The van der Waals surface area contributed by atoms with E-state index in [2.05, 4.69) is 5.32 Å². The van der Waals surface area contributed by atoms with Gasteiger partial charge in [-0.1, -0.05) is 72.8 Å². The number of likely N-dealkylation sites (N-methyl/N-ethyl adjacent to an activating group) is 1. The molecule has 3 aromatic rings. The summed E-state index contributed by atoms with van der Waals surface area (Å²) in [6.45, 7) is 4.23. The van der Waals surface area contributed by atoms with E-state index in [1.165, 1.54) is 10.6 Å². The van der Waals surface area contributed by atoms with E-state index in [-0.39, 0.29) is 31.3 Å². The molecule has 7 nitrogen and oxygen atoms in total.